The molecule has 112 valence electrons. The summed E-state index contributed by atoms with van der Waals surface area (Å²) < 4.78 is 45.1. The molecule has 7 heteroatoms. The molecule has 1 atom stereocenters. The highest BCUT2D eigenvalue weighted by atomic mass is 32.2. The third-order valence-corrected chi connectivity index (χ3v) is 5.51. The van der Waals surface area contributed by atoms with Crippen LogP contribution in [0.15, 0.2) is 23.1 Å². The fraction of sp³-hybridized carbons (Fsp3) is 0.538. The van der Waals surface area contributed by atoms with Gasteiger partial charge in [0.15, 0.2) is 11.6 Å². The summed E-state index contributed by atoms with van der Waals surface area (Å²) in [6, 6.07) is 3.65. The van der Waals surface area contributed by atoms with E-state index in [4.69, 9.17) is 4.74 Å². The van der Waals surface area contributed by atoms with Crippen molar-refractivity contribution < 1.29 is 17.5 Å². The Balaban J connectivity index is 2.35. The second-order valence-electron chi connectivity index (χ2n) is 4.65. The molecular weight excluding hydrogens is 283 g/mol. The van der Waals surface area contributed by atoms with Gasteiger partial charge in [-0.25, -0.2) is 12.8 Å². The lowest BCUT2D eigenvalue weighted by molar-refractivity contribution is 0.348. The van der Waals surface area contributed by atoms with Gasteiger partial charge < -0.3 is 10.1 Å². The Hall–Kier alpha value is -1.18. The summed E-state index contributed by atoms with van der Waals surface area (Å²) in [6.07, 6.45) is 0.770. The van der Waals surface area contributed by atoms with Crippen LogP contribution in [0.5, 0.6) is 5.75 Å². The molecule has 1 aromatic rings. The summed E-state index contributed by atoms with van der Waals surface area (Å²) >= 11 is 0. The molecule has 1 unspecified atom stereocenters. The van der Waals surface area contributed by atoms with E-state index in [1.54, 1.807) is 6.92 Å². The number of hydrogen-bond donors (Lipinski definition) is 1. The minimum atomic E-state index is -3.68. The van der Waals surface area contributed by atoms with Gasteiger partial charge in [0.25, 0.3) is 0 Å². The number of rotatable bonds is 5. The predicted molar refractivity (Wildman–Crippen MR) is 73.8 cm³/mol. The molecule has 1 heterocycles. The monoisotopic (exact) mass is 302 g/mol. The highest BCUT2D eigenvalue weighted by Gasteiger charge is 2.32. The Morgan fingerprint density at radius 2 is 2.25 bits per heavy atom. The van der Waals surface area contributed by atoms with Crippen molar-refractivity contribution in [3.63, 3.8) is 0 Å². The largest absolute Gasteiger partial charge is 0.494 e. The van der Waals surface area contributed by atoms with E-state index in [-0.39, 0.29) is 16.7 Å². The van der Waals surface area contributed by atoms with Crippen LogP contribution in [0.4, 0.5) is 4.39 Å². The molecule has 1 N–H and O–H groups in total. The second kappa shape index (κ2) is 6.07. The molecule has 0 saturated carbocycles. The van der Waals surface area contributed by atoms with Crippen molar-refractivity contribution in [2.24, 2.45) is 0 Å². The van der Waals surface area contributed by atoms with E-state index in [0.717, 1.165) is 19.0 Å². The molecule has 5 nitrogen and oxygen atoms in total. The zero-order chi connectivity index (χ0) is 14.8. The minimum absolute atomic E-state index is 0.0366. The van der Waals surface area contributed by atoms with Crippen molar-refractivity contribution in [2.45, 2.75) is 24.3 Å². The van der Waals surface area contributed by atoms with Gasteiger partial charge >= 0.3 is 0 Å². The predicted octanol–water partition coefficient (Wildman–Crippen LogP) is 1.21. The normalized spacial score (nSPS) is 19.5. The van der Waals surface area contributed by atoms with E-state index in [1.807, 2.05) is 0 Å². The van der Waals surface area contributed by atoms with E-state index in [9.17, 15) is 12.8 Å². The molecule has 1 fully saturated rings. The lowest BCUT2D eigenvalue weighted by Crippen LogP contribution is -2.41. The van der Waals surface area contributed by atoms with Gasteiger partial charge in [-0.05, 0) is 31.2 Å². The van der Waals surface area contributed by atoms with Crippen LogP contribution in [0.25, 0.3) is 0 Å². The maximum absolute atomic E-state index is 13.7. The molecule has 0 amide bonds. The highest BCUT2D eigenvalue weighted by Crippen LogP contribution is 2.25. The van der Waals surface area contributed by atoms with Gasteiger partial charge in [0, 0.05) is 19.1 Å². The molecular formula is C13H19FN2O3S. The summed E-state index contributed by atoms with van der Waals surface area (Å²) in [5.74, 6) is -0.635. The number of nitrogens with one attached hydrogen (secondary N) is 1. The summed E-state index contributed by atoms with van der Waals surface area (Å²) in [6.45, 7) is 3.58. The molecule has 1 aromatic carbocycles. The molecule has 0 bridgehead atoms. The molecule has 0 spiro atoms. The first kappa shape index (κ1) is 15.2. The molecule has 0 aliphatic carbocycles. The SMILES string of the molecule is CCN(C1CCNC1)S(=O)(=O)c1ccc(OC)c(F)c1. The van der Waals surface area contributed by atoms with Gasteiger partial charge in [-0.1, -0.05) is 6.92 Å². The minimum Gasteiger partial charge on any atom is -0.494 e. The Labute approximate surface area is 118 Å². The van der Waals surface area contributed by atoms with Crippen LogP contribution in [-0.2, 0) is 10.0 Å². The lowest BCUT2D eigenvalue weighted by Gasteiger charge is -2.26. The fourth-order valence-corrected chi connectivity index (χ4v) is 4.13. The van der Waals surface area contributed by atoms with Gasteiger partial charge in [0.2, 0.25) is 10.0 Å². The van der Waals surface area contributed by atoms with Crippen molar-refractivity contribution in [1.29, 1.82) is 0 Å². The van der Waals surface area contributed by atoms with Gasteiger partial charge in [-0.2, -0.15) is 4.31 Å². The van der Waals surface area contributed by atoms with Crippen molar-refractivity contribution >= 4 is 10.0 Å². The van der Waals surface area contributed by atoms with Crippen molar-refractivity contribution in [3.8, 4) is 5.75 Å². The summed E-state index contributed by atoms with van der Waals surface area (Å²) in [4.78, 5) is -0.0375. The smallest absolute Gasteiger partial charge is 0.243 e. The second-order valence-corrected chi connectivity index (χ2v) is 6.54. The fourth-order valence-electron chi connectivity index (χ4n) is 2.45. The Morgan fingerprint density at radius 3 is 2.75 bits per heavy atom. The number of nitrogens with zero attached hydrogens (tertiary/aromatic N) is 1. The van der Waals surface area contributed by atoms with Crippen molar-refractivity contribution in [2.75, 3.05) is 26.7 Å². The zero-order valence-electron chi connectivity index (χ0n) is 11.6. The summed E-state index contributed by atoms with van der Waals surface area (Å²) in [5.41, 5.74) is 0. The first-order valence-electron chi connectivity index (χ1n) is 6.56. The van der Waals surface area contributed by atoms with Crippen LogP contribution < -0.4 is 10.1 Å². The highest BCUT2D eigenvalue weighted by molar-refractivity contribution is 7.89. The van der Waals surface area contributed by atoms with Crippen LogP contribution >= 0.6 is 0 Å². The third-order valence-electron chi connectivity index (χ3n) is 3.48. The molecule has 2 rings (SSSR count). The maximum Gasteiger partial charge on any atom is 0.243 e. The number of likely N-dealkylation sites (N-methyl/N-ethyl adjacent to an activating group) is 1. The third kappa shape index (κ3) is 2.79. The quantitative estimate of drug-likeness (QED) is 0.888. The summed E-state index contributed by atoms with van der Waals surface area (Å²) in [7, 11) is -2.34. The van der Waals surface area contributed by atoms with Gasteiger partial charge in [0.1, 0.15) is 0 Å². The standard InChI is InChI=1S/C13H19FN2O3S/c1-3-16(10-6-7-15-9-10)20(17,18)11-4-5-13(19-2)12(14)8-11/h4-5,8,10,15H,3,6-7,9H2,1-2H3. The maximum atomic E-state index is 13.7. The van der Waals surface area contributed by atoms with Crippen LogP contribution in [-0.4, -0.2) is 45.5 Å². The van der Waals surface area contributed by atoms with Crippen LogP contribution in [0.3, 0.4) is 0 Å². The first-order valence-corrected chi connectivity index (χ1v) is 8.00. The van der Waals surface area contributed by atoms with Gasteiger partial charge in [-0.3, -0.25) is 0 Å². The number of methoxy groups -OCH3 is 1. The molecule has 20 heavy (non-hydrogen) atoms. The van der Waals surface area contributed by atoms with Crippen LogP contribution in [0.1, 0.15) is 13.3 Å². The van der Waals surface area contributed by atoms with Crippen molar-refractivity contribution in [3.05, 3.63) is 24.0 Å². The van der Waals surface area contributed by atoms with E-state index >= 15 is 0 Å². The molecule has 1 saturated heterocycles. The first-order chi connectivity index (χ1) is 9.50. The Morgan fingerprint density at radius 1 is 1.50 bits per heavy atom. The van der Waals surface area contributed by atoms with E-state index < -0.39 is 15.8 Å². The average Bonchev–Trinajstić information content (AvgIpc) is 2.93. The number of sulfonamides is 1. The Kier molecular flexibility index (Phi) is 4.62. The molecule has 1 aliphatic heterocycles. The average molecular weight is 302 g/mol. The summed E-state index contributed by atoms with van der Waals surface area (Å²) in [5, 5.41) is 3.14. The number of halogens is 1. The zero-order valence-corrected chi connectivity index (χ0v) is 12.4. The van der Waals surface area contributed by atoms with E-state index in [1.165, 1.54) is 23.5 Å². The number of hydrogen-bond acceptors (Lipinski definition) is 4. The topological polar surface area (TPSA) is 58.6 Å². The van der Waals surface area contributed by atoms with Crippen molar-refractivity contribution in [1.82, 2.24) is 9.62 Å². The van der Waals surface area contributed by atoms with Crippen LogP contribution in [0.2, 0.25) is 0 Å². The van der Waals surface area contributed by atoms with Crippen LogP contribution in [0, 0.1) is 5.82 Å². The Bertz CT molecular complexity index is 571. The van der Waals surface area contributed by atoms with E-state index in [2.05, 4.69) is 5.32 Å². The number of benzene rings is 1. The molecule has 1 aliphatic rings. The lowest BCUT2D eigenvalue weighted by atomic mass is 10.3. The molecule has 0 aromatic heterocycles. The van der Waals surface area contributed by atoms with E-state index in [0.29, 0.717) is 13.1 Å². The van der Waals surface area contributed by atoms with Gasteiger partial charge in [-0.15, -0.1) is 0 Å². The van der Waals surface area contributed by atoms with Gasteiger partial charge in [0.05, 0.1) is 12.0 Å². The molecule has 0 radical (unpaired) electrons. The number of ether oxygens (including phenoxy) is 1.